The highest BCUT2D eigenvalue weighted by atomic mass is 19.1. The number of benzene rings is 3. The van der Waals surface area contributed by atoms with Gasteiger partial charge >= 0.3 is 0 Å². The fourth-order valence-corrected chi connectivity index (χ4v) is 5.15. The molecule has 1 saturated heterocycles. The number of anilines is 1. The molecule has 5 rings (SSSR count). The summed E-state index contributed by atoms with van der Waals surface area (Å²) in [7, 11) is 0. The maximum atomic E-state index is 13.5. The van der Waals surface area contributed by atoms with Crippen LogP contribution in [-0.4, -0.2) is 40.0 Å². The van der Waals surface area contributed by atoms with E-state index in [0.29, 0.717) is 5.92 Å². The normalized spacial score (nSPS) is 14.9. The van der Waals surface area contributed by atoms with Gasteiger partial charge in [0.1, 0.15) is 11.6 Å². The lowest BCUT2D eigenvalue weighted by molar-refractivity contribution is -0.114. The van der Waals surface area contributed by atoms with E-state index in [2.05, 4.69) is 33.0 Å². The highest BCUT2D eigenvalue weighted by Gasteiger charge is 2.21. The van der Waals surface area contributed by atoms with Gasteiger partial charge < -0.3 is 10.2 Å². The summed E-state index contributed by atoms with van der Waals surface area (Å²) in [5.74, 6) is 1.28. The molecule has 0 unspecified atom stereocenters. The van der Waals surface area contributed by atoms with Gasteiger partial charge in [-0.2, -0.15) is 0 Å². The van der Waals surface area contributed by atoms with Crippen LogP contribution < -0.4 is 5.32 Å². The van der Waals surface area contributed by atoms with Gasteiger partial charge in [-0.25, -0.2) is 9.37 Å². The van der Waals surface area contributed by atoms with Gasteiger partial charge in [-0.3, -0.25) is 9.36 Å². The number of imidazole rings is 1. The number of para-hydroxylation sites is 2. The van der Waals surface area contributed by atoms with Crippen LogP contribution >= 0.6 is 0 Å². The third kappa shape index (κ3) is 5.43. The predicted molar refractivity (Wildman–Crippen MR) is 139 cm³/mol. The second-order valence-corrected chi connectivity index (χ2v) is 9.35. The van der Waals surface area contributed by atoms with Crippen molar-refractivity contribution in [3.63, 3.8) is 0 Å². The number of aryl methyl sites for hydroxylation is 1. The molecule has 0 spiro atoms. The number of piperidine rings is 1. The van der Waals surface area contributed by atoms with Crippen molar-refractivity contribution in [1.82, 2.24) is 14.5 Å². The molecule has 5 nitrogen and oxygen atoms in total. The average molecular weight is 471 g/mol. The summed E-state index contributed by atoms with van der Waals surface area (Å²) in [4.78, 5) is 18.8. The number of carbonyl (C=O) groups excluding carboxylic acids is 1. The number of nitrogens with one attached hydrogen (secondary N) is 1. The minimum Gasteiger partial charge on any atom is -0.326 e. The number of halogens is 1. The predicted octanol–water partition coefficient (Wildman–Crippen LogP) is 5.94. The van der Waals surface area contributed by atoms with Gasteiger partial charge in [-0.1, -0.05) is 24.3 Å². The first-order valence-corrected chi connectivity index (χ1v) is 12.4. The average Bonchev–Trinajstić information content (AvgIpc) is 3.23. The fraction of sp³-hybridized carbons (Fsp3) is 0.310. The molecule has 0 atom stereocenters. The van der Waals surface area contributed by atoms with Gasteiger partial charge in [0.05, 0.1) is 11.0 Å². The SMILES string of the molecule is CC(=O)Nc1cccc(C2CCN(CCCc3nc4ccccc4n3-c3ccc(F)cc3)CC2)c1. The molecule has 0 aliphatic carbocycles. The monoisotopic (exact) mass is 470 g/mol. The van der Waals surface area contributed by atoms with Crippen LogP contribution in [0.3, 0.4) is 0 Å². The highest BCUT2D eigenvalue weighted by Crippen LogP contribution is 2.30. The van der Waals surface area contributed by atoms with Gasteiger partial charge in [0, 0.05) is 24.7 Å². The number of rotatable bonds is 7. The third-order valence-electron chi connectivity index (χ3n) is 6.86. The van der Waals surface area contributed by atoms with Crippen molar-refractivity contribution in [2.45, 2.75) is 38.5 Å². The second-order valence-electron chi connectivity index (χ2n) is 9.35. The van der Waals surface area contributed by atoms with E-state index in [0.717, 1.165) is 73.6 Å². The van der Waals surface area contributed by atoms with Gasteiger partial charge in [0.2, 0.25) is 5.91 Å². The maximum Gasteiger partial charge on any atom is 0.221 e. The number of fused-ring (bicyclic) bond motifs is 1. The summed E-state index contributed by atoms with van der Waals surface area (Å²) in [6.45, 7) is 4.72. The Labute approximate surface area is 205 Å². The molecule has 1 amide bonds. The van der Waals surface area contributed by atoms with E-state index >= 15 is 0 Å². The Bertz CT molecular complexity index is 1310. The second kappa shape index (κ2) is 10.4. The van der Waals surface area contributed by atoms with E-state index < -0.39 is 0 Å². The minimum atomic E-state index is -0.232. The van der Waals surface area contributed by atoms with E-state index in [9.17, 15) is 9.18 Å². The number of hydrogen-bond acceptors (Lipinski definition) is 3. The lowest BCUT2D eigenvalue weighted by Crippen LogP contribution is -2.34. The van der Waals surface area contributed by atoms with Crippen LogP contribution in [0.2, 0.25) is 0 Å². The van der Waals surface area contributed by atoms with E-state index in [1.54, 1.807) is 6.92 Å². The quantitative estimate of drug-likeness (QED) is 0.364. The zero-order chi connectivity index (χ0) is 24.2. The first-order valence-electron chi connectivity index (χ1n) is 12.4. The summed E-state index contributed by atoms with van der Waals surface area (Å²) in [5.41, 5.74) is 5.15. The van der Waals surface area contributed by atoms with Gasteiger partial charge in [-0.15, -0.1) is 0 Å². The molecule has 0 radical (unpaired) electrons. The first-order chi connectivity index (χ1) is 17.1. The molecular formula is C29H31FN4O. The van der Waals surface area contributed by atoms with Crippen molar-refractivity contribution in [2.75, 3.05) is 25.0 Å². The molecule has 0 bridgehead atoms. The fourth-order valence-electron chi connectivity index (χ4n) is 5.15. The molecule has 1 aliphatic heterocycles. The summed E-state index contributed by atoms with van der Waals surface area (Å²) >= 11 is 0. The molecular weight excluding hydrogens is 439 g/mol. The molecule has 1 fully saturated rings. The molecule has 2 heterocycles. The van der Waals surface area contributed by atoms with Crippen LogP contribution in [0.15, 0.2) is 72.8 Å². The van der Waals surface area contributed by atoms with Crippen LogP contribution in [0.1, 0.15) is 43.5 Å². The number of amides is 1. The molecule has 35 heavy (non-hydrogen) atoms. The Balaban J connectivity index is 1.20. The number of aromatic nitrogens is 2. The largest absolute Gasteiger partial charge is 0.326 e. The van der Waals surface area contributed by atoms with Crippen LogP contribution in [0.25, 0.3) is 16.7 Å². The Kier molecular flexibility index (Phi) is 6.91. The Morgan fingerprint density at radius 2 is 1.80 bits per heavy atom. The van der Waals surface area contributed by atoms with Crippen LogP contribution in [0.5, 0.6) is 0 Å². The van der Waals surface area contributed by atoms with Crippen molar-refractivity contribution >= 4 is 22.6 Å². The summed E-state index contributed by atoms with van der Waals surface area (Å²) in [5, 5.41) is 2.89. The van der Waals surface area contributed by atoms with Crippen molar-refractivity contribution in [3.8, 4) is 5.69 Å². The van der Waals surface area contributed by atoms with Crippen LogP contribution in [-0.2, 0) is 11.2 Å². The lowest BCUT2D eigenvalue weighted by atomic mass is 9.89. The third-order valence-corrected chi connectivity index (χ3v) is 6.86. The lowest BCUT2D eigenvalue weighted by Gasteiger charge is -2.32. The number of hydrogen-bond donors (Lipinski definition) is 1. The highest BCUT2D eigenvalue weighted by molar-refractivity contribution is 5.88. The first kappa shape index (κ1) is 23.2. The van der Waals surface area contributed by atoms with E-state index in [1.807, 2.05) is 42.5 Å². The van der Waals surface area contributed by atoms with E-state index in [1.165, 1.54) is 17.7 Å². The van der Waals surface area contributed by atoms with Gasteiger partial charge in [-0.05, 0) is 98.9 Å². The summed E-state index contributed by atoms with van der Waals surface area (Å²) in [6.07, 6.45) is 4.13. The standard InChI is InChI=1S/C29H31FN4O/c1-21(35)31-25-7-4-6-23(20-25)22-15-18-33(19-16-22)17-5-10-29-32-27-8-2-3-9-28(27)34(29)26-13-11-24(30)12-14-26/h2-4,6-9,11-14,20,22H,5,10,15-19H2,1H3,(H,31,35). The van der Waals surface area contributed by atoms with Crippen molar-refractivity contribution in [3.05, 3.63) is 90.0 Å². The number of nitrogens with zero attached hydrogens (tertiary/aromatic N) is 3. The summed E-state index contributed by atoms with van der Waals surface area (Å²) < 4.78 is 15.7. The van der Waals surface area contributed by atoms with E-state index in [4.69, 9.17) is 4.98 Å². The molecule has 3 aromatic carbocycles. The van der Waals surface area contributed by atoms with Gasteiger partial charge in [0.25, 0.3) is 0 Å². The zero-order valence-electron chi connectivity index (χ0n) is 20.1. The van der Waals surface area contributed by atoms with Crippen molar-refractivity contribution in [2.24, 2.45) is 0 Å². The molecule has 0 saturated carbocycles. The van der Waals surface area contributed by atoms with Crippen molar-refractivity contribution < 1.29 is 9.18 Å². The van der Waals surface area contributed by atoms with Gasteiger partial charge in [0.15, 0.2) is 0 Å². The molecule has 6 heteroatoms. The topological polar surface area (TPSA) is 50.2 Å². The number of carbonyl (C=O) groups is 1. The minimum absolute atomic E-state index is 0.0371. The summed E-state index contributed by atoms with van der Waals surface area (Å²) in [6, 6.07) is 23.0. The van der Waals surface area contributed by atoms with E-state index in [-0.39, 0.29) is 11.7 Å². The number of likely N-dealkylation sites (tertiary alicyclic amines) is 1. The Hall–Kier alpha value is -3.51. The Morgan fingerprint density at radius 1 is 1.03 bits per heavy atom. The van der Waals surface area contributed by atoms with Crippen molar-refractivity contribution in [1.29, 1.82) is 0 Å². The Morgan fingerprint density at radius 3 is 2.57 bits per heavy atom. The van der Waals surface area contributed by atoms with Crippen LogP contribution in [0, 0.1) is 5.82 Å². The van der Waals surface area contributed by atoms with Crippen LogP contribution in [0.4, 0.5) is 10.1 Å². The molecule has 180 valence electrons. The molecule has 1 N–H and O–H groups in total. The smallest absolute Gasteiger partial charge is 0.221 e. The molecule has 1 aliphatic rings. The molecule has 1 aromatic heterocycles. The molecule has 4 aromatic rings. The maximum absolute atomic E-state index is 13.5. The zero-order valence-corrected chi connectivity index (χ0v) is 20.1.